The Morgan fingerprint density at radius 1 is 1.12 bits per heavy atom. The number of rotatable bonds is 7. The van der Waals surface area contributed by atoms with E-state index in [0.29, 0.717) is 12.1 Å². The average Bonchev–Trinajstić information content (AvgIpc) is 2.60. The Bertz CT molecular complexity index is 701. The summed E-state index contributed by atoms with van der Waals surface area (Å²) in [6.45, 7) is 1.73. The lowest BCUT2D eigenvalue weighted by molar-refractivity contribution is -0.124. The van der Waals surface area contributed by atoms with Gasteiger partial charge in [0, 0.05) is 6.54 Å². The highest BCUT2D eigenvalue weighted by atomic mass is 19.1. The van der Waals surface area contributed by atoms with Crippen LogP contribution < -0.4 is 5.32 Å². The first-order chi connectivity index (χ1) is 11.6. The molecule has 2 aromatic carbocycles. The van der Waals surface area contributed by atoms with Gasteiger partial charge in [-0.15, -0.1) is 0 Å². The van der Waals surface area contributed by atoms with Gasteiger partial charge in [-0.1, -0.05) is 36.4 Å². The lowest BCUT2D eigenvalue weighted by Crippen LogP contribution is -2.29. The van der Waals surface area contributed by atoms with Crippen LogP contribution in [0, 0.1) is 12.7 Å². The first-order valence-corrected chi connectivity index (χ1v) is 7.80. The third-order valence-electron chi connectivity index (χ3n) is 3.55. The third kappa shape index (κ3) is 5.50. The molecule has 0 atom stereocenters. The molecule has 1 amide bonds. The molecule has 0 aromatic heterocycles. The molecule has 1 N–H and O–H groups in total. The van der Waals surface area contributed by atoms with E-state index in [1.54, 1.807) is 6.92 Å². The third-order valence-corrected chi connectivity index (χ3v) is 3.55. The van der Waals surface area contributed by atoms with Crippen molar-refractivity contribution in [3.8, 4) is 0 Å². The number of carbonyl (C=O) groups is 2. The van der Waals surface area contributed by atoms with Gasteiger partial charge in [0.1, 0.15) is 5.82 Å². The summed E-state index contributed by atoms with van der Waals surface area (Å²) in [5.41, 5.74) is 1.75. The molecule has 24 heavy (non-hydrogen) atoms. The lowest BCUT2D eigenvalue weighted by Gasteiger charge is -2.07. The van der Waals surface area contributed by atoms with Gasteiger partial charge < -0.3 is 10.1 Å². The van der Waals surface area contributed by atoms with E-state index in [1.807, 2.05) is 30.3 Å². The zero-order chi connectivity index (χ0) is 17.4. The van der Waals surface area contributed by atoms with Crippen LogP contribution >= 0.6 is 0 Å². The fraction of sp³-hybridized carbons (Fsp3) is 0.263. The van der Waals surface area contributed by atoms with Crippen molar-refractivity contribution in [2.75, 3.05) is 13.2 Å². The molecule has 0 aliphatic heterocycles. The molecule has 0 heterocycles. The van der Waals surface area contributed by atoms with Crippen molar-refractivity contribution in [1.29, 1.82) is 0 Å². The summed E-state index contributed by atoms with van der Waals surface area (Å²) in [5, 5.41) is 2.69. The van der Waals surface area contributed by atoms with E-state index < -0.39 is 11.8 Å². The van der Waals surface area contributed by atoms with E-state index >= 15 is 0 Å². The highest BCUT2D eigenvalue weighted by molar-refractivity contribution is 5.91. The van der Waals surface area contributed by atoms with E-state index in [9.17, 15) is 14.0 Å². The van der Waals surface area contributed by atoms with Gasteiger partial charge >= 0.3 is 5.97 Å². The number of hydrogen-bond donors (Lipinski definition) is 1. The summed E-state index contributed by atoms with van der Waals surface area (Å²) in [5.74, 6) is -1.56. The zero-order valence-corrected chi connectivity index (χ0v) is 13.5. The molecule has 0 fully saturated rings. The van der Waals surface area contributed by atoms with E-state index in [1.165, 1.54) is 17.7 Å². The molecule has 5 heteroatoms. The van der Waals surface area contributed by atoms with Gasteiger partial charge in [0.25, 0.3) is 5.91 Å². The maximum atomic E-state index is 13.4. The minimum atomic E-state index is -0.715. The SMILES string of the molecule is Cc1ccc(C(=O)OCC(=O)NCCCc2ccccc2)cc1F. The molecule has 0 bridgehead atoms. The molecule has 0 saturated carbocycles. The second kappa shape index (κ2) is 8.82. The van der Waals surface area contributed by atoms with Gasteiger partial charge in [0.05, 0.1) is 5.56 Å². The van der Waals surface area contributed by atoms with Crippen molar-refractivity contribution >= 4 is 11.9 Å². The lowest BCUT2D eigenvalue weighted by atomic mass is 10.1. The Hall–Kier alpha value is -2.69. The maximum Gasteiger partial charge on any atom is 0.338 e. The first kappa shape index (κ1) is 17.7. The smallest absolute Gasteiger partial charge is 0.338 e. The van der Waals surface area contributed by atoms with Crippen LogP contribution in [0.2, 0.25) is 0 Å². The number of carbonyl (C=O) groups excluding carboxylic acids is 2. The topological polar surface area (TPSA) is 55.4 Å². The predicted octanol–water partition coefficient (Wildman–Crippen LogP) is 3.04. The fourth-order valence-electron chi connectivity index (χ4n) is 2.15. The minimum absolute atomic E-state index is 0.0926. The molecule has 0 unspecified atom stereocenters. The Morgan fingerprint density at radius 3 is 2.58 bits per heavy atom. The molecular formula is C19H20FNO3. The van der Waals surface area contributed by atoms with Crippen molar-refractivity contribution in [1.82, 2.24) is 5.32 Å². The molecule has 0 spiro atoms. The molecule has 0 aliphatic carbocycles. The Kier molecular flexibility index (Phi) is 6.49. The normalized spacial score (nSPS) is 10.2. The number of hydrogen-bond acceptors (Lipinski definition) is 3. The minimum Gasteiger partial charge on any atom is -0.452 e. The van der Waals surface area contributed by atoms with E-state index in [4.69, 9.17) is 4.74 Å². The Morgan fingerprint density at radius 2 is 1.88 bits per heavy atom. The molecule has 2 aromatic rings. The predicted molar refractivity (Wildman–Crippen MR) is 89.2 cm³/mol. The van der Waals surface area contributed by atoms with E-state index in [0.717, 1.165) is 18.9 Å². The molecule has 0 saturated heterocycles. The van der Waals surface area contributed by atoms with Crippen molar-refractivity contribution in [3.63, 3.8) is 0 Å². The van der Waals surface area contributed by atoms with Crippen LogP contribution in [0.5, 0.6) is 0 Å². The second-order valence-corrected chi connectivity index (χ2v) is 5.48. The van der Waals surface area contributed by atoms with Crippen LogP contribution in [0.25, 0.3) is 0 Å². The number of nitrogens with one attached hydrogen (secondary N) is 1. The number of amides is 1. The van der Waals surface area contributed by atoms with Crippen molar-refractivity contribution < 1.29 is 18.7 Å². The number of aryl methyl sites for hydroxylation is 2. The summed E-state index contributed by atoms with van der Waals surface area (Å²) < 4.78 is 18.3. The van der Waals surface area contributed by atoms with Gasteiger partial charge in [-0.2, -0.15) is 0 Å². The van der Waals surface area contributed by atoms with Crippen LogP contribution in [0.15, 0.2) is 48.5 Å². The summed E-state index contributed by atoms with van der Waals surface area (Å²) in [6, 6.07) is 14.0. The van der Waals surface area contributed by atoms with E-state index in [2.05, 4.69) is 5.32 Å². The van der Waals surface area contributed by atoms with Gasteiger partial charge in [-0.05, 0) is 43.0 Å². The Balaban J connectivity index is 1.67. The monoisotopic (exact) mass is 329 g/mol. The van der Waals surface area contributed by atoms with Crippen LogP contribution in [0.1, 0.15) is 27.9 Å². The largest absolute Gasteiger partial charge is 0.452 e. The molecule has 0 aliphatic rings. The summed E-state index contributed by atoms with van der Waals surface area (Å²) in [7, 11) is 0. The summed E-state index contributed by atoms with van der Waals surface area (Å²) in [4.78, 5) is 23.4. The molecular weight excluding hydrogens is 309 g/mol. The van der Waals surface area contributed by atoms with Crippen LogP contribution in [-0.4, -0.2) is 25.0 Å². The number of benzene rings is 2. The Labute approximate surface area is 140 Å². The molecule has 126 valence electrons. The highest BCUT2D eigenvalue weighted by Gasteiger charge is 2.11. The standard InChI is InChI=1S/C19H20FNO3/c1-14-9-10-16(12-17(14)20)19(23)24-13-18(22)21-11-5-8-15-6-3-2-4-7-15/h2-4,6-7,9-10,12H,5,8,11,13H2,1H3,(H,21,22). The summed E-state index contributed by atoms with van der Waals surface area (Å²) >= 11 is 0. The molecule has 0 radical (unpaired) electrons. The average molecular weight is 329 g/mol. The van der Waals surface area contributed by atoms with E-state index in [-0.39, 0.29) is 18.1 Å². The number of halogens is 1. The van der Waals surface area contributed by atoms with Crippen LogP contribution in [0.3, 0.4) is 0 Å². The zero-order valence-electron chi connectivity index (χ0n) is 13.5. The molecule has 2 rings (SSSR count). The fourth-order valence-corrected chi connectivity index (χ4v) is 2.15. The quantitative estimate of drug-likeness (QED) is 0.627. The van der Waals surface area contributed by atoms with Crippen LogP contribution in [-0.2, 0) is 16.0 Å². The highest BCUT2D eigenvalue weighted by Crippen LogP contribution is 2.10. The second-order valence-electron chi connectivity index (χ2n) is 5.48. The van der Waals surface area contributed by atoms with Gasteiger partial charge in [0.2, 0.25) is 0 Å². The van der Waals surface area contributed by atoms with Gasteiger partial charge in [-0.3, -0.25) is 4.79 Å². The van der Waals surface area contributed by atoms with Gasteiger partial charge in [-0.25, -0.2) is 9.18 Å². The van der Waals surface area contributed by atoms with Crippen LogP contribution in [0.4, 0.5) is 4.39 Å². The van der Waals surface area contributed by atoms with Crippen molar-refractivity contribution in [2.24, 2.45) is 0 Å². The summed E-state index contributed by atoms with van der Waals surface area (Å²) in [6.07, 6.45) is 1.66. The number of ether oxygens (including phenoxy) is 1. The number of esters is 1. The van der Waals surface area contributed by atoms with Crippen molar-refractivity contribution in [2.45, 2.75) is 19.8 Å². The van der Waals surface area contributed by atoms with Crippen molar-refractivity contribution in [3.05, 3.63) is 71.0 Å². The van der Waals surface area contributed by atoms with Gasteiger partial charge in [0.15, 0.2) is 6.61 Å². The first-order valence-electron chi connectivity index (χ1n) is 7.80. The molecule has 4 nitrogen and oxygen atoms in total. The maximum absolute atomic E-state index is 13.4.